The van der Waals surface area contributed by atoms with Crippen LogP contribution in [0, 0.1) is 5.92 Å². The molecule has 8 nitrogen and oxygen atoms in total. The molecule has 0 radical (unpaired) electrons. The second kappa shape index (κ2) is 11.2. The van der Waals surface area contributed by atoms with E-state index in [-0.39, 0.29) is 5.91 Å². The number of nitrogens with zero attached hydrogens (tertiary/aromatic N) is 4. The maximum absolute atomic E-state index is 13.0. The van der Waals surface area contributed by atoms with Crippen molar-refractivity contribution in [3.63, 3.8) is 0 Å². The fourth-order valence-electron chi connectivity index (χ4n) is 4.54. The first kappa shape index (κ1) is 22.3. The topological polar surface area (TPSA) is 94.8 Å². The lowest BCUT2D eigenvalue weighted by Gasteiger charge is -2.40. The molecule has 0 aromatic carbocycles. The normalized spacial score (nSPS) is 21.3. The van der Waals surface area contributed by atoms with Crippen molar-refractivity contribution in [2.75, 3.05) is 50.7 Å². The number of aromatic nitrogens is 1. The molecule has 2 unspecified atom stereocenters. The number of piperidine rings is 1. The van der Waals surface area contributed by atoms with Gasteiger partial charge >= 0.3 is 6.03 Å². The van der Waals surface area contributed by atoms with Crippen molar-refractivity contribution in [3.8, 4) is 0 Å². The summed E-state index contributed by atoms with van der Waals surface area (Å²) in [6, 6.07) is 4.92. The van der Waals surface area contributed by atoms with Crippen LogP contribution in [0.25, 0.3) is 0 Å². The summed E-state index contributed by atoms with van der Waals surface area (Å²) in [6.07, 6.45) is 6.53. The van der Waals surface area contributed by atoms with Crippen LogP contribution in [0.1, 0.15) is 39.0 Å². The van der Waals surface area contributed by atoms with E-state index in [9.17, 15) is 9.59 Å². The number of primary amides is 1. The van der Waals surface area contributed by atoms with Crippen molar-refractivity contribution < 1.29 is 9.59 Å². The highest BCUT2D eigenvalue weighted by Crippen LogP contribution is 2.21. The van der Waals surface area contributed by atoms with Gasteiger partial charge in [-0.1, -0.05) is 25.8 Å². The monoisotopic (exact) mass is 416 g/mol. The highest BCUT2D eigenvalue weighted by molar-refractivity contribution is 5.86. The number of likely N-dealkylation sites (tertiary alicyclic amines) is 1. The molecule has 166 valence electrons. The van der Waals surface area contributed by atoms with Gasteiger partial charge in [-0.25, -0.2) is 9.78 Å². The van der Waals surface area contributed by atoms with Crippen molar-refractivity contribution in [1.82, 2.24) is 20.1 Å². The molecule has 0 aliphatic carbocycles. The number of hydrogen-bond donors (Lipinski definition) is 2. The van der Waals surface area contributed by atoms with Crippen LogP contribution in [0.3, 0.4) is 0 Å². The SMILES string of the molecule is CCCCC(NC(N)=O)C(=O)N1CCCC(CN2CCN(c3ccccn3)CC2)C1. The minimum absolute atomic E-state index is 0.0203. The third kappa shape index (κ3) is 6.32. The van der Waals surface area contributed by atoms with E-state index in [2.05, 4.69) is 33.1 Å². The van der Waals surface area contributed by atoms with Gasteiger partial charge in [0.25, 0.3) is 0 Å². The van der Waals surface area contributed by atoms with Crippen molar-refractivity contribution in [3.05, 3.63) is 24.4 Å². The van der Waals surface area contributed by atoms with Crippen LogP contribution in [0.4, 0.5) is 10.6 Å². The van der Waals surface area contributed by atoms with E-state index in [4.69, 9.17) is 5.73 Å². The number of pyridine rings is 1. The third-order valence-electron chi connectivity index (χ3n) is 6.15. The summed E-state index contributed by atoms with van der Waals surface area (Å²) in [5.41, 5.74) is 5.30. The lowest BCUT2D eigenvalue weighted by Crippen LogP contribution is -2.54. The van der Waals surface area contributed by atoms with Crippen molar-refractivity contribution >= 4 is 17.8 Å². The summed E-state index contributed by atoms with van der Waals surface area (Å²) in [6.45, 7) is 8.63. The zero-order valence-corrected chi connectivity index (χ0v) is 18.1. The van der Waals surface area contributed by atoms with Gasteiger partial charge in [0.2, 0.25) is 5.91 Å². The zero-order valence-electron chi connectivity index (χ0n) is 18.1. The fraction of sp³-hybridized carbons (Fsp3) is 0.682. The summed E-state index contributed by atoms with van der Waals surface area (Å²) in [7, 11) is 0. The number of urea groups is 1. The van der Waals surface area contributed by atoms with E-state index in [1.54, 1.807) is 0 Å². The molecule has 0 spiro atoms. The molecule has 3 heterocycles. The number of rotatable bonds is 8. The Morgan fingerprint density at radius 1 is 1.23 bits per heavy atom. The van der Waals surface area contributed by atoms with Crippen LogP contribution in [-0.4, -0.2) is 78.6 Å². The molecule has 30 heavy (non-hydrogen) atoms. The molecule has 2 saturated heterocycles. The van der Waals surface area contributed by atoms with Gasteiger partial charge in [-0.05, 0) is 37.3 Å². The molecule has 1 aromatic rings. The number of nitrogens with one attached hydrogen (secondary N) is 1. The lowest BCUT2D eigenvalue weighted by molar-refractivity contribution is -0.135. The molecule has 2 aliphatic rings. The average Bonchev–Trinajstić information content (AvgIpc) is 2.77. The minimum atomic E-state index is -0.621. The number of piperazine rings is 1. The Morgan fingerprint density at radius 2 is 2.03 bits per heavy atom. The molecular weight excluding hydrogens is 380 g/mol. The van der Waals surface area contributed by atoms with Crippen LogP contribution < -0.4 is 16.0 Å². The number of amides is 3. The highest BCUT2D eigenvalue weighted by atomic mass is 16.2. The van der Waals surface area contributed by atoms with E-state index < -0.39 is 12.1 Å². The first-order chi connectivity index (χ1) is 14.6. The molecule has 8 heteroatoms. The lowest BCUT2D eigenvalue weighted by atomic mass is 9.96. The Balaban J connectivity index is 1.48. The summed E-state index contributed by atoms with van der Waals surface area (Å²) in [5.74, 6) is 1.54. The second-order valence-corrected chi connectivity index (χ2v) is 8.47. The smallest absolute Gasteiger partial charge is 0.312 e. The summed E-state index contributed by atoms with van der Waals surface area (Å²) in [4.78, 5) is 35.6. The minimum Gasteiger partial charge on any atom is -0.354 e. The van der Waals surface area contributed by atoms with Crippen LogP contribution in [0.2, 0.25) is 0 Å². The number of anilines is 1. The molecule has 2 fully saturated rings. The zero-order chi connectivity index (χ0) is 21.3. The third-order valence-corrected chi connectivity index (χ3v) is 6.15. The maximum Gasteiger partial charge on any atom is 0.312 e. The maximum atomic E-state index is 13.0. The summed E-state index contributed by atoms with van der Waals surface area (Å²) in [5, 5.41) is 2.65. The standard InChI is InChI=1S/C22H36N6O2/c1-2-3-8-19(25-22(23)30)21(29)28-11-6-7-18(17-28)16-26-12-14-27(15-13-26)20-9-4-5-10-24-20/h4-5,9-10,18-19H,2-3,6-8,11-17H2,1H3,(H3,23,25,30). The van der Waals surface area contributed by atoms with Gasteiger partial charge in [0, 0.05) is 52.0 Å². The number of carbonyl (C=O) groups is 2. The van der Waals surface area contributed by atoms with Gasteiger partial charge in [0.1, 0.15) is 11.9 Å². The van der Waals surface area contributed by atoms with Gasteiger partial charge in [-0.2, -0.15) is 0 Å². The van der Waals surface area contributed by atoms with Crippen molar-refractivity contribution in [1.29, 1.82) is 0 Å². The van der Waals surface area contributed by atoms with Gasteiger partial charge in [-0.3, -0.25) is 9.69 Å². The number of nitrogens with two attached hydrogens (primary N) is 1. The first-order valence-corrected chi connectivity index (χ1v) is 11.3. The molecule has 2 atom stereocenters. The van der Waals surface area contributed by atoms with Gasteiger partial charge in [-0.15, -0.1) is 0 Å². The van der Waals surface area contributed by atoms with Crippen molar-refractivity contribution in [2.24, 2.45) is 11.7 Å². The Morgan fingerprint density at radius 3 is 2.70 bits per heavy atom. The van der Waals surface area contributed by atoms with Gasteiger partial charge in [0.05, 0.1) is 0 Å². The Labute approximate surface area is 179 Å². The average molecular weight is 417 g/mol. The molecular formula is C22H36N6O2. The van der Waals surface area contributed by atoms with Crippen LogP contribution in [-0.2, 0) is 4.79 Å². The number of unbranched alkanes of at least 4 members (excludes halogenated alkanes) is 1. The van der Waals surface area contributed by atoms with E-state index in [0.717, 1.165) is 77.3 Å². The van der Waals surface area contributed by atoms with Crippen molar-refractivity contribution in [2.45, 2.75) is 45.1 Å². The highest BCUT2D eigenvalue weighted by Gasteiger charge is 2.30. The summed E-state index contributed by atoms with van der Waals surface area (Å²) >= 11 is 0. The number of carbonyl (C=O) groups excluding carboxylic acids is 2. The molecule has 0 bridgehead atoms. The van der Waals surface area contributed by atoms with Gasteiger partial charge < -0.3 is 20.9 Å². The summed E-state index contributed by atoms with van der Waals surface area (Å²) < 4.78 is 0. The van der Waals surface area contributed by atoms with Crippen LogP contribution in [0.5, 0.6) is 0 Å². The Kier molecular flexibility index (Phi) is 8.30. The molecule has 2 aliphatic heterocycles. The quantitative estimate of drug-likeness (QED) is 0.672. The van der Waals surface area contributed by atoms with Crippen LogP contribution >= 0.6 is 0 Å². The molecule has 3 rings (SSSR count). The second-order valence-electron chi connectivity index (χ2n) is 8.47. The Hall–Kier alpha value is -2.35. The fourth-order valence-corrected chi connectivity index (χ4v) is 4.54. The Bertz CT molecular complexity index is 677. The largest absolute Gasteiger partial charge is 0.354 e. The van der Waals surface area contributed by atoms with E-state index in [1.165, 1.54) is 0 Å². The predicted octanol–water partition coefficient (Wildman–Crippen LogP) is 1.67. The van der Waals surface area contributed by atoms with E-state index >= 15 is 0 Å². The molecule has 3 N–H and O–H groups in total. The van der Waals surface area contributed by atoms with E-state index in [1.807, 2.05) is 23.2 Å². The molecule has 0 saturated carbocycles. The van der Waals surface area contributed by atoms with Crippen LogP contribution in [0.15, 0.2) is 24.4 Å². The predicted molar refractivity (Wildman–Crippen MR) is 118 cm³/mol. The molecule has 1 aromatic heterocycles. The van der Waals surface area contributed by atoms with Gasteiger partial charge in [0.15, 0.2) is 0 Å². The molecule has 3 amide bonds. The van der Waals surface area contributed by atoms with E-state index in [0.29, 0.717) is 12.3 Å². The first-order valence-electron chi connectivity index (χ1n) is 11.3. The number of hydrogen-bond acceptors (Lipinski definition) is 5.